The van der Waals surface area contributed by atoms with E-state index in [1.807, 2.05) is 12.2 Å². The molecular weight excluding hydrogens is 256 g/mol. The van der Waals surface area contributed by atoms with Crippen LogP contribution in [-0.2, 0) is 9.84 Å². The fourth-order valence-electron chi connectivity index (χ4n) is 1.70. The van der Waals surface area contributed by atoms with Crippen LogP contribution in [-0.4, -0.2) is 14.7 Å². The molecule has 0 atom stereocenters. The number of aryl methyl sites for hydroxylation is 1. The molecule has 0 aromatic heterocycles. The molecule has 0 amide bonds. The fourth-order valence-corrected chi connectivity index (χ4v) is 2.33. The first-order valence-corrected chi connectivity index (χ1v) is 7.89. The Hall–Kier alpha value is -1.87. The van der Waals surface area contributed by atoms with E-state index in [-0.39, 0.29) is 0 Å². The molecule has 0 saturated carbocycles. The van der Waals surface area contributed by atoms with Gasteiger partial charge in [0.1, 0.15) is 0 Å². The van der Waals surface area contributed by atoms with Crippen molar-refractivity contribution < 1.29 is 8.42 Å². The number of benzene rings is 2. The third-order valence-electron chi connectivity index (χ3n) is 2.85. The molecule has 0 unspecified atom stereocenters. The highest BCUT2D eigenvalue weighted by Crippen LogP contribution is 2.13. The Labute approximate surface area is 114 Å². The number of hydrogen-bond donors (Lipinski definition) is 0. The summed E-state index contributed by atoms with van der Waals surface area (Å²) in [7, 11) is -3.12. The Morgan fingerprint density at radius 3 is 1.63 bits per heavy atom. The average Bonchev–Trinajstić information content (AvgIpc) is 2.37. The lowest BCUT2D eigenvalue weighted by Gasteiger charge is -1.99. The van der Waals surface area contributed by atoms with Crippen molar-refractivity contribution in [2.45, 2.75) is 11.8 Å². The van der Waals surface area contributed by atoms with E-state index in [2.05, 4.69) is 31.2 Å². The van der Waals surface area contributed by atoms with E-state index in [0.717, 1.165) is 11.1 Å². The predicted octanol–water partition coefficient (Wildman–Crippen LogP) is 3.57. The Bertz CT molecular complexity index is 679. The highest BCUT2D eigenvalue weighted by molar-refractivity contribution is 7.90. The minimum Gasteiger partial charge on any atom is -0.224 e. The first-order chi connectivity index (χ1) is 8.95. The molecule has 2 aromatic rings. The molecule has 0 aliphatic heterocycles. The van der Waals surface area contributed by atoms with Gasteiger partial charge in [-0.1, -0.05) is 54.1 Å². The predicted molar refractivity (Wildman–Crippen MR) is 79.7 cm³/mol. The zero-order valence-corrected chi connectivity index (χ0v) is 11.8. The average molecular weight is 272 g/mol. The molecule has 0 heterocycles. The van der Waals surface area contributed by atoms with Crippen LogP contribution in [0.3, 0.4) is 0 Å². The molecular formula is C16H16O2S. The lowest BCUT2D eigenvalue weighted by Crippen LogP contribution is -1.95. The first-order valence-electron chi connectivity index (χ1n) is 6.00. The summed E-state index contributed by atoms with van der Waals surface area (Å²) in [6.07, 6.45) is 5.19. The molecule has 2 rings (SSSR count). The lowest BCUT2D eigenvalue weighted by atomic mass is 10.1. The molecule has 0 spiro atoms. The highest BCUT2D eigenvalue weighted by atomic mass is 32.2. The van der Waals surface area contributed by atoms with Gasteiger partial charge in [0.05, 0.1) is 4.90 Å². The van der Waals surface area contributed by atoms with Gasteiger partial charge in [-0.05, 0) is 30.2 Å². The molecule has 0 bridgehead atoms. The van der Waals surface area contributed by atoms with Crippen LogP contribution in [0.25, 0.3) is 12.2 Å². The van der Waals surface area contributed by atoms with Crippen molar-refractivity contribution >= 4 is 22.0 Å². The molecule has 0 aliphatic carbocycles. The Balaban J connectivity index is 2.18. The summed E-state index contributed by atoms with van der Waals surface area (Å²) in [5.74, 6) is 0. The van der Waals surface area contributed by atoms with Crippen molar-refractivity contribution in [1.82, 2.24) is 0 Å². The summed E-state index contributed by atoms with van der Waals surface area (Å²) in [4.78, 5) is 0.347. The van der Waals surface area contributed by atoms with Crippen molar-refractivity contribution in [2.24, 2.45) is 0 Å². The molecule has 2 aromatic carbocycles. The molecule has 3 heteroatoms. The largest absolute Gasteiger partial charge is 0.224 e. The van der Waals surface area contributed by atoms with E-state index < -0.39 is 9.84 Å². The van der Waals surface area contributed by atoms with Crippen LogP contribution in [0.15, 0.2) is 53.4 Å². The van der Waals surface area contributed by atoms with Crippen molar-refractivity contribution in [1.29, 1.82) is 0 Å². The van der Waals surface area contributed by atoms with Crippen LogP contribution in [0.5, 0.6) is 0 Å². The summed E-state index contributed by atoms with van der Waals surface area (Å²) in [5.41, 5.74) is 3.33. The van der Waals surface area contributed by atoms with Gasteiger partial charge in [-0.3, -0.25) is 0 Å². The van der Waals surface area contributed by atoms with E-state index in [0.29, 0.717) is 4.90 Å². The van der Waals surface area contributed by atoms with E-state index in [9.17, 15) is 8.42 Å². The van der Waals surface area contributed by atoms with Gasteiger partial charge in [0, 0.05) is 6.26 Å². The summed E-state index contributed by atoms with van der Waals surface area (Å²) in [6.45, 7) is 2.05. The van der Waals surface area contributed by atoms with E-state index >= 15 is 0 Å². The maximum Gasteiger partial charge on any atom is 0.175 e. The zero-order valence-electron chi connectivity index (χ0n) is 11.0. The van der Waals surface area contributed by atoms with Gasteiger partial charge in [0.2, 0.25) is 0 Å². The molecule has 0 aliphatic rings. The number of rotatable bonds is 3. The fraction of sp³-hybridized carbons (Fsp3) is 0.125. The molecule has 0 radical (unpaired) electrons. The smallest absolute Gasteiger partial charge is 0.175 e. The van der Waals surface area contributed by atoms with Gasteiger partial charge < -0.3 is 0 Å². The second-order valence-electron chi connectivity index (χ2n) is 4.59. The molecule has 2 nitrogen and oxygen atoms in total. The second-order valence-corrected chi connectivity index (χ2v) is 6.60. The Morgan fingerprint density at radius 1 is 0.789 bits per heavy atom. The summed E-state index contributed by atoms with van der Waals surface area (Å²) in [6, 6.07) is 15.1. The summed E-state index contributed by atoms with van der Waals surface area (Å²) in [5, 5.41) is 0. The third kappa shape index (κ3) is 3.80. The van der Waals surface area contributed by atoms with E-state index in [1.165, 1.54) is 11.8 Å². The van der Waals surface area contributed by atoms with Crippen LogP contribution in [0.2, 0.25) is 0 Å². The van der Waals surface area contributed by atoms with Crippen LogP contribution in [0.1, 0.15) is 16.7 Å². The SMILES string of the molecule is Cc1ccc(/C=C/c2ccc(S(C)(=O)=O)cc2)cc1. The van der Waals surface area contributed by atoms with Gasteiger partial charge >= 0.3 is 0 Å². The first kappa shape index (κ1) is 13.6. The summed E-state index contributed by atoms with van der Waals surface area (Å²) < 4.78 is 22.7. The van der Waals surface area contributed by atoms with Gasteiger partial charge in [0.15, 0.2) is 9.84 Å². The van der Waals surface area contributed by atoms with Crippen molar-refractivity contribution in [2.75, 3.05) is 6.26 Å². The normalized spacial score (nSPS) is 11.9. The molecule has 19 heavy (non-hydrogen) atoms. The minimum atomic E-state index is -3.12. The highest BCUT2D eigenvalue weighted by Gasteiger charge is 2.04. The molecule has 0 N–H and O–H groups in total. The lowest BCUT2D eigenvalue weighted by molar-refractivity contribution is 0.602. The van der Waals surface area contributed by atoms with E-state index in [1.54, 1.807) is 24.3 Å². The van der Waals surface area contributed by atoms with Gasteiger partial charge in [0.25, 0.3) is 0 Å². The van der Waals surface area contributed by atoms with Crippen LogP contribution in [0.4, 0.5) is 0 Å². The molecule has 0 saturated heterocycles. The topological polar surface area (TPSA) is 34.1 Å². The maximum atomic E-state index is 11.3. The number of sulfone groups is 1. The van der Waals surface area contributed by atoms with Gasteiger partial charge in [-0.25, -0.2) is 8.42 Å². The Kier molecular flexibility index (Phi) is 3.86. The third-order valence-corrected chi connectivity index (χ3v) is 3.98. The van der Waals surface area contributed by atoms with Crippen LogP contribution in [0, 0.1) is 6.92 Å². The zero-order chi connectivity index (χ0) is 13.9. The summed E-state index contributed by atoms with van der Waals surface area (Å²) >= 11 is 0. The monoisotopic (exact) mass is 272 g/mol. The van der Waals surface area contributed by atoms with E-state index in [4.69, 9.17) is 0 Å². The van der Waals surface area contributed by atoms with Crippen molar-refractivity contribution in [3.05, 3.63) is 65.2 Å². The number of hydrogen-bond acceptors (Lipinski definition) is 2. The standard InChI is InChI=1S/C16H16O2S/c1-13-3-5-14(6-4-13)7-8-15-9-11-16(12-10-15)19(2,17)18/h3-12H,1-2H3/b8-7+. The van der Waals surface area contributed by atoms with Crippen LogP contribution >= 0.6 is 0 Å². The van der Waals surface area contributed by atoms with Crippen LogP contribution < -0.4 is 0 Å². The minimum absolute atomic E-state index is 0.347. The van der Waals surface area contributed by atoms with Gasteiger partial charge in [-0.2, -0.15) is 0 Å². The quantitative estimate of drug-likeness (QED) is 0.800. The maximum absolute atomic E-state index is 11.3. The molecule has 98 valence electrons. The molecule has 0 fully saturated rings. The van der Waals surface area contributed by atoms with Crippen molar-refractivity contribution in [3.8, 4) is 0 Å². The Morgan fingerprint density at radius 2 is 1.21 bits per heavy atom. The second kappa shape index (κ2) is 5.41. The van der Waals surface area contributed by atoms with Crippen molar-refractivity contribution in [3.63, 3.8) is 0 Å². The van der Waals surface area contributed by atoms with Gasteiger partial charge in [-0.15, -0.1) is 0 Å².